The normalized spacial score (nSPS) is 14.6. The van der Waals surface area contributed by atoms with E-state index in [1.807, 2.05) is 12.1 Å². The first-order chi connectivity index (χ1) is 15.7. The lowest BCUT2D eigenvalue weighted by molar-refractivity contribution is -0.137. The number of carbonyl (C=O) groups is 2. The van der Waals surface area contributed by atoms with E-state index in [0.29, 0.717) is 32.5 Å². The summed E-state index contributed by atoms with van der Waals surface area (Å²) in [5.74, 6) is 0.142. The largest absolute Gasteiger partial charge is 0.497 e. The third kappa shape index (κ3) is 6.74. The van der Waals surface area contributed by atoms with Gasteiger partial charge in [0.25, 0.3) is 0 Å². The second-order valence-corrected chi connectivity index (χ2v) is 8.04. The summed E-state index contributed by atoms with van der Waals surface area (Å²) in [5, 5.41) is 5.30. The number of anilines is 1. The Morgan fingerprint density at radius 2 is 1.85 bits per heavy atom. The highest BCUT2D eigenvalue weighted by Crippen LogP contribution is 2.34. The van der Waals surface area contributed by atoms with E-state index >= 15 is 0 Å². The molecule has 1 fully saturated rings. The molecule has 0 unspecified atom stereocenters. The van der Waals surface area contributed by atoms with Crippen LogP contribution in [0.25, 0.3) is 0 Å². The lowest BCUT2D eigenvalue weighted by atomic mass is 9.96. The Bertz CT molecular complexity index is 978. The molecule has 0 spiro atoms. The number of carbonyl (C=O) groups excluding carboxylic acids is 2. The smallest absolute Gasteiger partial charge is 0.417 e. The molecule has 178 valence electrons. The Morgan fingerprint density at radius 1 is 1.18 bits per heavy atom. The molecular weight excluding hydrogens is 461 g/mol. The summed E-state index contributed by atoms with van der Waals surface area (Å²) in [6.45, 7) is 1.03. The second kappa shape index (κ2) is 10.7. The number of halogens is 4. The number of pyridine rings is 1. The molecule has 0 bridgehead atoms. The van der Waals surface area contributed by atoms with Crippen LogP contribution in [0.3, 0.4) is 0 Å². The second-order valence-electron chi connectivity index (χ2n) is 7.63. The zero-order chi connectivity index (χ0) is 24.0. The Kier molecular flexibility index (Phi) is 8.01. The lowest BCUT2D eigenvalue weighted by Crippen LogP contribution is -2.43. The van der Waals surface area contributed by atoms with Crippen LogP contribution in [0.15, 0.2) is 36.5 Å². The summed E-state index contributed by atoms with van der Waals surface area (Å²) in [6, 6.07) is 8.12. The molecule has 11 heteroatoms. The van der Waals surface area contributed by atoms with Crippen molar-refractivity contribution < 1.29 is 27.5 Å². The Hall–Kier alpha value is -3.01. The van der Waals surface area contributed by atoms with Crippen molar-refractivity contribution in [1.82, 2.24) is 15.6 Å². The molecule has 2 amide bonds. The van der Waals surface area contributed by atoms with Crippen molar-refractivity contribution in [1.29, 1.82) is 0 Å². The third-order valence-electron chi connectivity index (χ3n) is 5.39. The number of piperidine rings is 1. The van der Waals surface area contributed by atoms with E-state index < -0.39 is 11.7 Å². The summed E-state index contributed by atoms with van der Waals surface area (Å²) in [7, 11) is 1.57. The minimum Gasteiger partial charge on any atom is -0.497 e. The summed E-state index contributed by atoms with van der Waals surface area (Å²) < 4.78 is 43.4. The van der Waals surface area contributed by atoms with Crippen LogP contribution in [0, 0.1) is 5.92 Å². The fourth-order valence-corrected chi connectivity index (χ4v) is 3.78. The number of aromatic nitrogens is 1. The maximum absolute atomic E-state index is 12.8. The molecule has 0 atom stereocenters. The van der Waals surface area contributed by atoms with Gasteiger partial charge in [-0.05, 0) is 36.6 Å². The molecule has 1 aliphatic rings. The van der Waals surface area contributed by atoms with Gasteiger partial charge in [0.15, 0.2) is 0 Å². The SMILES string of the molecule is COc1ccc(CNC(=O)CNC(=O)C2CCN(c3ncc(C(F)(F)F)cc3Cl)CC2)cc1. The molecule has 1 aromatic heterocycles. The van der Waals surface area contributed by atoms with E-state index in [1.165, 1.54) is 0 Å². The number of methoxy groups -OCH3 is 1. The summed E-state index contributed by atoms with van der Waals surface area (Å²) in [4.78, 5) is 30.1. The van der Waals surface area contributed by atoms with Crippen molar-refractivity contribution in [2.24, 2.45) is 5.92 Å². The zero-order valence-corrected chi connectivity index (χ0v) is 18.7. The van der Waals surface area contributed by atoms with Gasteiger partial charge in [0.05, 0.1) is 24.2 Å². The van der Waals surface area contributed by atoms with Gasteiger partial charge in [-0.2, -0.15) is 13.2 Å². The topological polar surface area (TPSA) is 83.6 Å². The Labute approximate surface area is 194 Å². The molecule has 1 aliphatic heterocycles. The molecule has 0 radical (unpaired) electrons. The van der Waals surface area contributed by atoms with E-state index in [1.54, 1.807) is 24.1 Å². The van der Waals surface area contributed by atoms with Crippen molar-refractivity contribution in [3.63, 3.8) is 0 Å². The van der Waals surface area contributed by atoms with Crippen molar-refractivity contribution >= 4 is 29.2 Å². The number of amides is 2. The first-order valence-electron chi connectivity index (χ1n) is 10.3. The van der Waals surface area contributed by atoms with Crippen LogP contribution in [0.2, 0.25) is 5.02 Å². The summed E-state index contributed by atoms with van der Waals surface area (Å²) in [6.07, 6.45) is -2.82. The first-order valence-corrected chi connectivity index (χ1v) is 10.7. The van der Waals surface area contributed by atoms with E-state index in [2.05, 4.69) is 15.6 Å². The van der Waals surface area contributed by atoms with E-state index in [9.17, 15) is 22.8 Å². The molecule has 0 aliphatic carbocycles. The Balaban J connectivity index is 1.42. The van der Waals surface area contributed by atoms with Gasteiger partial charge in [0.1, 0.15) is 11.6 Å². The zero-order valence-electron chi connectivity index (χ0n) is 17.9. The number of hydrogen-bond donors (Lipinski definition) is 2. The summed E-state index contributed by atoms with van der Waals surface area (Å²) in [5.41, 5.74) is -0.00540. The van der Waals surface area contributed by atoms with Crippen molar-refractivity contribution in [2.45, 2.75) is 25.6 Å². The molecule has 1 aromatic carbocycles. The number of ether oxygens (including phenoxy) is 1. The van der Waals surface area contributed by atoms with Crippen LogP contribution >= 0.6 is 11.6 Å². The molecule has 2 heterocycles. The molecule has 33 heavy (non-hydrogen) atoms. The lowest BCUT2D eigenvalue weighted by Gasteiger charge is -2.32. The first kappa shape index (κ1) is 24.6. The number of rotatable bonds is 7. The van der Waals surface area contributed by atoms with Crippen LogP contribution in [0.4, 0.5) is 19.0 Å². The minimum atomic E-state index is -4.51. The van der Waals surface area contributed by atoms with Gasteiger partial charge < -0.3 is 20.3 Å². The Morgan fingerprint density at radius 3 is 2.42 bits per heavy atom. The van der Waals surface area contributed by atoms with Gasteiger partial charge >= 0.3 is 6.18 Å². The average molecular weight is 485 g/mol. The van der Waals surface area contributed by atoms with E-state index in [0.717, 1.165) is 23.6 Å². The van der Waals surface area contributed by atoms with Gasteiger partial charge in [0, 0.05) is 31.7 Å². The fraction of sp³-hybridized carbons (Fsp3) is 0.409. The summed E-state index contributed by atoms with van der Waals surface area (Å²) >= 11 is 6.01. The molecule has 2 aromatic rings. The van der Waals surface area contributed by atoms with Gasteiger partial charge in [-0.1, -0.05) is 23.7 Å². The highest BCUT2D eigenvalue weighted by Gasteiger charge is 2.33. The number of nitrogens with one attached hydrogen (secondary N) is 2. The molecule has 0 saturated carbocycles. The van der Waals surface area contributed by atoms with Crippen molar-refractivity contribution in [3.8, 4) is 5.75 Å². The van der Waals surface area contributed by atoms with Crippen LogP contribution in [-0.4, -0.2) is 43.5 Å². The van der Waals surface area contributed by atoms with Crippen LogP contribution < -0.4 is 20.3 Å². The number of benzene rings is 1. The van der Waals surface area contributed by atoms with E-state index in [-0.39, 0.29) is 35.1 Å². The molecule has 7 nitrogen and oxygen atoms in total. The maximum atomic E-state index is 12.8. The minimum absolute atomic E-state index is 0.0822. The van der Waals surface area contributed by atoms with Crippen LogP contribution in [0.1, 0.15) is 24.0 Å². The fourth-order valence-electron chi connectivity index (χ4n) is 3.49. The number of hydrogen-bond acceptors (Lipinski definition) is 5. The predicted octanol–water partition coefficient (Wildman–Crippen LogP) is 3.41. The number of nitrogens with zero attached hydrogens (tertiary/aromatic N) is 2. The maximum Gasteiger partial charge on any atom is 0.417 e. The van der Waals surface area contributed by atoms with Crippen molar-refractivity contribution in [3.05, 3.63) is 52.7 Å². The van der Waals surface area contributed by atoms with Crippen LogP contribution in [-0.2, 0) is 22.3 Å². The molecule has 2 N–H and O–H groups in total. The van der Waals surface area contributed by atoms with E-state index in [4.69, 9.17) is 16.3 Å². The monoisotopic (exact) mass is 484 g/mol. The molecular formula is C22H24ClF3N4O3. The van der Waals surface area contributed by atoms with Crippen molar-refractivity contribution in [2.75, 3.05) is 31.6 Å². The quantitative estimate of drug-likeness (QED) is 0.629. The predicted molar refractivity (Wildman–Crippen MR) is 117 cm³/mol. The van der Waals surface area contributed by atoms with Crippen LogP contribution in [0.5, 0.6) is 5.75 Å². The standard InChI is InChI=1S/C22H24ClF3N4O3/c1-33-17-4-2-14(3-5-17)11-27-19(31)13-29-21(32)15-6-8-30(9-7-15)20-18(23)10-16(12-28-20)22(24,25)26/h2-5,10,12,15H,6-9,11,13H2,1H3,(H,27,31)(H,29,32). The van der Waals surface area contributed by atoms with Gasteiger partial charge in [-0.15, -0.1) is 0 Å². The molecule has 3 rings (SSSR count). The van der Waals surface area contributed by atoms with Gasteiger partial charge in [-0.3, -0.25) is 9.59 Å². The number of alkyl halides is 3. The van der Waals surface area contributed by atoms with Gasteiger partial charge in [-0.25, -0.2) is 4.98 Å². The molecule has 1 saturated heterocycles. The highest BCUT2D eigenvalue weighted by molar-refractivity contribution is 6.33. The highest BCUT2D eigenvalue weighted by atomic mass is 35.5. The van der Waals surface area contributed by atoms with Gasteiger partial charge in [0.2, 0.25) is 11.8 Å². The average Bonchev–Trinajstić information content (AvgIpc) is 2.81. The third-order valence-corrected chi connectivity index (χ3v) is 5.66.